The fraction of sp³-hybridized carbons (Fsp3) is 0.389. The molecule has 1 heterocycles. The Morgan fingerprint density at radius 1 is 1.20 bits per heavy atom. The van der Waals surface area contributed by atoms with Crippen molar-refractivity contribution in [1.29, 1.82) is 0 Å². The summed E-state index contributed by atoms with van der Waals surface area (Å²) < 4.78 is 0. The van der Waals surface area contributed by atoms with E-state index in [1.54, 1.807) is 23.5 Å². The van der Waals surface area contributed by atoms with Gasteiger partial charge < -0.3 is 10.6 Å². The van der Waals surface area contributed by atoms with Gasteiger partial charge in [0.15, 0.2) is 5.96 Å². The van der Waals surface area contributed by atoms with Crippen LogP contribution in [-0.4, -0.2) is 24.0 Å². The summed E-state index contributed by atoms with van der Waals surface area (Å²) in [5.41, 5.74) is 1.27. The van der Waals surface area contributed by atoms with Gasteiger partial charge in [0.25, 0.3) is 5.69 Å². The summed E-state index contributed by atoms with van der Waals surface area (Å²) in [4.78, 5) is 16.1. The van der Waals surface area contributed by atoms with Crippen LogP contribution < -0.4 is 10.6 Å². The van der Waals surface area contributed by atoms with E-state index in [0.717, 1.165) is 43.9 Å². The van der Waals surface area contributed by atoms with Crippen LogP contribution in [0.2, 0.25) is 0 Å². The number of guanidine groups is 1. The van der Waals surface area contributed by atoms with Crippen LogP contribution in [0.25, 0.3) is 0 Å². The van der Waals surface area contributed by atoms with Gasteiger partial charge in [-0.05, 0) is 43.2 Å². The molecule has 6 nitrogen and oxygen atoms in total. The third-order valence-electron chi connectivity index (χ3n) is 3.65. The number of hydrogen-bond donors (Lipinski definition) is 2. The van der Waals surface area contributed by atoms with Gasteiger partial charge in [-0.25, -0.2) is 4.99 Å². The minimum absolute atomic E-state index is 0.141. The third kappa shape index (κ3) is 6.93. The zero-order valence-electron chi connectivity index (χ0n) is 14.4. The molecule has 0 aliphatic rings. The highest BCUT2D eigenvalue weighted by Crippen LogP contribution is 2.13. The van der Waals surface area contributed by atoms with E-state index in [0.29, 0.717) is 6.54 Å². The lowest BCUT2D eigenvalue weighted by atomic mass is 10.1. The monoisotopic (exact) mass is 360 g/mol. The molecule has 0 bridgehead atoms. The van der Waals surface area contributed by atoms with E-state index in [2.05, 4.69) is 34.0 Å². The molecule has 0 unspecified atom stereocenters. The highest BCUT2D eigenvalue weighted by molar-refractivity contribution is 7.09. The standard InChI is InChI=1S/C18H24N4O2S/c1-2-19-18(21-14-17-7-5-13-25-17)20-12-4-3-6-15-8-10-16(11-9-15)22(23)24/h5,7-11,13H,2-4,6,12,14H2,1H3,(H2,19,20,21). The molecular weight excluding hydrogens is 336 g/mol. The molecule has 7 heteroatoms. The molecule has 0 aliphatic heterocycles. The number of nitro benzene ring substituents is 1. The molecule has 0 saturated heterocycles. The number of hydrogen-bond acceptors (Lipinski definition) is 4. The molecule has 0 aliphatic carbocycles. The number of nitrogens with zero attached hydrogens (tertiary/aromatic N) is 2. The van der Waals surface area contributed by atoms with Crippen LogP contribution in [0.3, 0.4) is 0 Å². The largest absolute Gasteiger partial charge is 0.357 e. The minimum atomic E-state index is -0.370. The summed E-state index contributed by atoms with van der Waals surface area (Å²) in [7, 11) is 0. The first-order valence-electron chi connectivity index (χ1n) is 8.47. The molecule has 2 rings (SSSR count). The number of aryl methyl sites for hydroxylation is 1. The van der Waals surface area contributed by atoms with E-state index in [4.69, 9.17) is 0 Å². The molecule has 0 saturated carbocycles. The van der Waals surface area contributed by atoms with Gasteiger partial charge in [0, 0.05) is 30.1 Å². The van der Waals surface area contributed by atoms with Gasteiger partial charge in [0.2, 0.25) is 0 Å². The van der Waals surface area contributed by atoms with Crippen molar-refractivity contribution in [2.75, 3.05) is 13.1 Å². The number of benzene rings is 1. The highest BCUT2D eigenvalue weighted by atomic mass is 32.1. The quantitative estimate of drug-likeness (QED) is 0.235. The summed E-state index contributed by atoms with van der Waals surface area (Å²) in [6, 6.07) is 10.9. The van der Waals surface area contributed by atoms with Crippen LogP contribution in [0.5, 0.6) is 0 Å². The molecule has 2 aromatic rings. The number of thiophene rings is 1. The number of non-ortho nitro benzene ring substituents is 1. The van der Waals surface area contributed by atoms with Crippen LogP contribution >= 0.6 is 11.3 Å². The number of unbranched alkanes of at least 4 members (excludes halogenated alkanes) is 1. The van der Waals surface area contributed by atoms with Gasteiger partial charge in [0.1, 0.15) is 0 Å². The molecule has 25 heavy (non-hydrogen) atoms. The fourth-order valence-electron chi connectivity index (χ4n) is 2.35. The Hall–Kier alpha value is -2.41. The molecule has 0 radical (unpaired) electrons. The van der Waals surface area contributed by atoms with Crippen LogP contribution in [0.1, 0.15) is 30.2 Å². The second kappa shape index (κ2) is 10.5. The Bertz CT molecular complexity index is 669. The van der Waals surface area contributed by atoms with Crippen LogP contribution in [0, 0.1) is 10.1 Å². The second-order valence-corrected chi connectivity index (χ2v) is 6.61. The lowest BCUT2D eigenvalue weighted by Crippen LogP contribution is -2.37. The molecule has 0 fully saturated rings. The first kappa shape index (κ1) is 18.9. The fourth-order valence-corrected chi connectivity index (χ4v) is 2.97. The van der Waals surface area contributed by atoms with E-state index >= 15 is 0 Å². The summed E-state index contributed by atoms with van der Waals surface area (Å²) >= 11 is 1.71. The zero-order chi connectivity index (χ0) is 17.9. The van der Waals surface area contributed by atoms with Crippen molar-refractivity contribution in [3.05, 3.63) is 62.3 Å². The molecule has 0 atom stereocenters. The van der Waals surface area contributed by atoms with Gasteiger partial charge in [-0.15, -0.1) is 11.3 Å². The highest BCUT2D eigenvalue weighted by Gasteiger charge is 2.04. The topological polar surface area (TPSA) is 79.6 Å². The molecule has 134 valence electrons. The van der Waals surface area contributed by atoms with Crippen molar-refractivity contribution in [1.82, 2.24) is 10.6 Å². The number of nitrogens with one attached hydrogen (secondary N) is 2. The Morgan fingerprint density at radius 3 is 2.64 bits per heavy atom. The van der Waals surface area contributed by atoms with Crippen molar-refractivity contribution in [2.24, 2.45) is 4.99 Å². The van der Waals surface area contributed by atoms with E-state index in [1.165, 1.54) is 4.88 Å². The van der Waals surface area contributed by atoms with E-state index in [1.807, 2.05) is 18.2 Å². The normalized spacial score (nSPS) is 11.3. The average molecular weight is 360 g/mol. The predicted molar refractivity (Wildman–Crippen MR) is 103 cm³/mol. The Kier molecular flexibility index (Phi) is 7.91. The molecule has 1 aromatic heterocycles. The van der Waals surface area contributed by atoms with Gasteiger partial charge in [-0.3, -0.25) is 10.1 Å². The number of rotatable bonds is 9. The third-order valence-corrected chi connectivity index (χ3v) is 4.51. The molecule has 0 amide bonds. The first-order chi connectivity index (χ1) is 12.2. The van der Waals surface area contributed by atoms with Gasteiger partial charge in [-0.2, -0.15) is 0 Å². The smallest absolute Gasteiger partial charge is 0.269 e. The maximum atomic E-state index is 10.6. The van der Waals surface area contributed by atoms with E-state index in [-0.39, 0.29) is 10.6 Å². The van der Waals surface area contributed by atoms with Gasteiger partial charge in [0.05, 0.1) is 11.5 Å². The van der Waals surface area contributed by atoms with Crippen molar-refractivity contribution in [2.45, 2.75) is 32.7 Å². The lowest BCUT2D eigenvalue weighted by molar-refractivity contribution is -0.384. The molecule has 0 spiro atoms. The predicted octanol–water partition coefficient (Wildman–Crippen LogP) is 3.73. The number of aliphatic imine (C=N–C) groups is 1. The molecular formula is C18H24N4O2S. The molecule has 1 aromatic carbocycles. The van der Waals surface area contributed by atoms with E-state index in [9.17, 15) is 10.1 Å². The Morgan fingerprint density at radius 2 is 2.00 bits per heavy atom. The second-order valence-electron chi connectivity index (χ2n) is 5.58. The lowest BCUT2D eigenvalue weighted by Gasteiger charge is -2.11. The summed E-state index contributed by atoms with van der Waals surface area (Å²) in [5.74, 6) is 0.839. The Labute approximate surface area is 152 Å². The van der Waals surface area contributed by atoms with Crippen LogP contribution in [-0.2, 0) is 13.0 Å². The van der Waals surface area contributed by atoms with Crippen molar-refractivity contribution < 1.29 is 4.92 Å². The van der Waals surface area contributed by atoms with Crippen molar-refractivity contribution in [3.63, 3.8) is 0 Å². The maximum absolute atomic E-state index is 10.6. The zero-order valence-corrected chi connectivity index (χ0v) is 15.2. The summed E-state index contributed by atoms with van der Waals surface area (Å²) in [6.45, 7) is 4.43. The average Bonchev–Trinajstić information content (AvgIpc) is 3.13. The maximum Gasteiger partial charge on any atom is 0.269 e. The Balaban J connectivity index is 1.69. The van der Waals surface area contributed by atoms with Crippen LogP contribution in [0.4, 0.5) is 5.69 Å². The number of nitro groups is 1. The minimum Gasteiger partial charge on any atom is -0.357 e. The van der Waals surface area contributed by atoms with Crippen LogP contribution in [0.15, 0.2) is 46.8 Å². The SMILES string of the molecule is CCNC(=NCc1cccs1)NCCCCc1ccc([N+](=O)[O-])cc1. The van der Waals surface area contributed by atoms with Crippen molar-refractivity contribution in [3.8, 4) is 0 Å². The van der Waals surface area contributed by atoms with E-state index < -0.39 is 0 Å². The van der Waals surface area contributed by atoms with Gasteiger partial charge >= 0.3 is 0 Å². The summed E-state index contributed by atoms with van der Waals surface area (Å²) in [5, 5.41) is 19.3. The first-order valence-corrected chi connectivity index (χ1v) is 9.35. The van der Waals surface area contributed by atoms with Gasteiger partial charge in [-0.1, -0.05) is 18.2 Å². The molecule has 2 N–H and O–H groups in total. The summed E-state index contributed by atoms with van der Waals surface area (Å²) in [6.07, 6.45) is 2.96. The van der Waals surface area contributed by atoms with Crippen molar-refractivity contribution >= 4 is 23.0 Å².